The highest BCUT2D eigenvalue weighted by Gasteiger charge is 1.56. The summed E-state index contributed by atoms with van der Waals surface area (Å²) in [6.07, 6.45) is 5.58. The molecular weight excluding hydrogens is 92.1 g/mol. The van der Waals surface area contributed by atoms with E-state index in [0.29, 0.717) is 6.29 Å². The topological polar surface area (TPSA) is 37.3 Å². The van der Waals surface area contributed by atoms with Gasteiger partial charge in [-0.1, -0.05) is 6.08 Å². The Morgan fingerprint density at radius 2 is 1.86 bits per heavy atom. The molecule has 0 fully saturated rings. The van der Waals surface area contributed by atoms with Crippen molar-refractivity contribution in [2.45, 2.75) is 0 Å². The summed E-state index contributed by atoms with van der Waals surface area (Å²) in [4.78, 5) is 9.48. The van der Waals surface area contributed by atoms with Crippen LogP contribution in [0.2, 0.25) is 0 Å². The molecule has 0 aromatic heterocycles. The fourth-order valence-electron chi connectivity index (χ4n) is 0.159. The molecule has 0 aliphatic rings. The maximum Gasteiger partial charge on any atom is 0.142 e. The van der Waals surface area contributed by atoms with Crippen molar-refractivity contribution in [1.82, 2.24) is 0 Å². The SMILES string of the molecule is O=C/C=C/C=C\O. The standard InChI is InChI=1S/C5H6O2/c6-4-2-1-3-5-7/h1-6H/b3-1+,4-2-. The van der Waals surface area contributed by atoms with Gasteiger partial charge in [-0.2, -0.15) is 0 Å². The minimum atomic E-state index is 0.639. The average Bonchev–Trinajstić information content (AvgIpc) is 1.69. The van der Waals surface area contributed by atoms with E-state index in [-0.39, 0.29) is 0 Å². The van der Waals surface area contributed by atoms with Crippen LogP contribution in [0.3, 0.4) is 0 Å². The molecule has 0 heterocycles. The van der Waals surface area contributed by atoms with E-state index in [1.165, 1.54) is 18.2 Å². The summed E-state index contributed by atoms with van der Waals surface area (Å²) in [7, 11) is 0. The van der Waals surface area contributed by atoms with Crippen LogP contribution in [0.5, 0.6) is 0 Å². The number of allylic oxidation sites excluding steroid dienone is 3. The molecular formula is C5H6O2. The summed E-state index contributed by atoms with van der Waals surface area (Å²) in [6.45, 7) is 0. The van der Waals surface area contributed by atoms with Crippen molar-refractivity contribution in [3.8, 4) is 0 Å². The molecule has 0 aromatic carbocycles. The number of aldehydes is 1. The van der Waals surface area contributed by atoms with Crippen molar-refractivity contribution < 1.29 is 9.90 Å². The molecule has 0 aliphatic carbocycles. The van der Waals surface area contributed by atoms with Gasteiger partial charge in [0.1, 0.15) is 6.29 Å². The van der Waals surface area contributed by atoms with Crippen molar-refractivity contribution in [1.29, 1.82) is 0 Å². The minimum Gasteiger partial charge on any atom is -0.516 e. The number of rotatable bonds is 2. The first-order chi connectivity index (χ1) is 3.41. The Labute approximate surface area is 41.8 Å². The van der Waals surface area contributed by atoms with Gasteiger partial charge in [0.25, 0.3) is 0 Å². The monoisotopic (exact) mass is 98.0 g/mol. The van der Waals surface area contributed by atoms with E-state index in [1.807, 2.05) is 0 Å². The van der Waals surface area contributed by atoms with E-state index >= 15 is 0 Å². The van der Waals surface area contributed by atoms with Gasteiger partial charge in [0.2, 0.25) is 0 Å². The quantitative estimate of drug-likeness (QED) is 0.240. The molecule has 0 spiro atoms. The number of hydrogen-bond donors (Lipinski definition) is 1. The van der Waals surface area contributed by atoms with E-state index in [9.17, 15) is 4.79 Å². The van der Waals surface area contributed by atoms with Crippen LogP contribution in [0.4, 0.5) is 0 Å². The summed E-state index contributed by atoms with van der Waals surface area (Å²) < 4.78 is 0. The Morgan fingerprint density at radius 1 is 1.14 bits per heavy atom. The average molecular weight is 98.1 g/mol. The first-order valence-corrected chi connectivity index (χ1v) is 1.83. The van der Waals surface area contributed by atoms with Crippen LogP contribution in [0.1, 0.15) is 0 Å². The summed E-state index contributed by atoms with van der Waals surface area (Å²) in [5.41, 5.74) is 0. The van der Waals surface area contributed by atoms with Gasteiger partial charge in [-0.3, -0.25) is 4.79 Å². The van der Waals surface area contributed by atoms with Gasteiger partial charge in [0, 0.05) is 0 Å². The maximum atomic E-state index is 9.48. The van der Waals surface area contributed by atoms with E-state index in [0.717, 1.165) is 6.26 Å². The molecule has 0 unspecified atom stereocenters. The van der Waals surface area contributed by atoms with Gasteiger partial charge in [-0.15, -0.1) is 0 Å². The lowest BCUT2D eigenvalue weighted by Crippen LogP contribution is -1.55. The van der Waals surface area contributed by atoms with Gasteiger partial charge >= 0.3 is 0 Å². The van der Waals surface area contributed by atoms with Crippen LogP contribution in [-0.2, 0) is 4.79 Å². The highest BCUT2D eigenvalue weighted by atomic mass is 16.2. The molecule has 0 radical (unpaired) electrons. The number of aliphatic hydroxyl groups excluding tert-OH is 1. The number of hydrogen-bond acceptors (Lipinski definition) is 2. The molecule has 2 nitrogen and oxygen atoms in total. The highest BCUT2D eigenvalue weighted by molar-refractivity contribution is 5.65. The van der Waals surface area contributed by atoms with E-state index in [2.05, 4.69) is 0 Å². The fourth-order valence-corrected chi connectivity index (χ4v) is 0.159. The van der Waals surface area contributed by atoms with Crippen LogP contribution in [-0.4, -0.2) is 11.4 Å². The van der Waals surface area contributed by atoms with Crippen molar-refractivity contribution >= 4 is 6.29 Å². The maximum absolute atomic E-state index is 9.48. The van der Waals surface area contributed by atoms with Crippen LogP contribution in [0.15, 0.2) is 24.5 Å². The van der Waals surface area contributed by atoms with E-state index in [1.54, 1.807) is 0 Å². The molecule has 0 saturated heterocycles. The second-order valence-electron chi connectivity index (χ2n) is 0.863. The van der Waals surface area contributed by atoms with Crippen molar-refractivity contribution in [2.24, 2.45) is 0 Å². The molecule has 0 aromatic rings. The number of carbonyl (C=O) groups excluding carboxylic acids is 1. The zero-order chi connectivity index (χ0) is 5.54. The Kier molecular flexibility index (Phi) is 4.21. The minimum absolute atomic E-state index is 0.639. The molecule has 1 N–H and O–H groups in total. The number of aliphatic hydroxyl groups is 1. The van der Waals surface area contributed by atoms with Crippen molar-refractivity contribution in [2.75, 3.05) is 0 Å². The normalized spacial score (nSPS) is 10.9. The molecule has 0 aliphatic heterocycles. The molecule has 0 rings (SSSR count). The zero-order valence-electron chi connectivity index (χ0n) is 3.74. The van der Waals surface area contributed by atoms with Gasteiger partial charge in [0.05, 0.1) is 6.26 Å². The fraction of sp³-hybridized carbons (Fsp3) is 0. The lowest BCUT2D eigenvalue weighted by molar-refractivity contribution is -0.104. The van der Waals surface area contributed by atoms with Gasteiger partial charge in [-0.05, 0) is 12.2 Å². The predicted octanol–water partition coefficient (Wildman–Crippen LogP) is 0.813. The molecule has 0 amide bonds. The van der Waals surface area contributed by atoms with Crippen LogP contribution in [0.25, 0.3) is 0 Å². The lowest BCUT2D eigenvalue weighted by Gasteiger charge is -1.63. The highest BCUT2D eigenvalue weighted by Crippen LogP contribution is 1.68. The zero-order valence-corrected chi connectivity index (χ0v) is 3.74. The van der Waals surface area contributed by atoms with Crippen molar-refractivity contribution in [3.05, 3.63) is 24.5 Å². The Bertz CT molecular complexity index is 92.3. The first-order valence-electron chi connectivity index (χ1n) is 1.83. The lowest BCUT2D eigenvalue weighted by atomic mass is 10.5. The molecule has 7 heavy (non-hydrogen) atoms. The van der Waals surface area contributed by atoms with Gasteiger partial charge in [0.15, 0.2) is 0 Å². The smallest absolute Gasteiger partial charge is 0.142 e. The number of carbonyl (C=O) groups is 1. The summed E-state index contributed by atoms with van der Waals surface area (Å²) in [5.74, 6) is 0. The molecule has 0 atom stereocenters. The second kappa shape index (κ2) is 4.95. The molecule has 38 valence electrons. The third-order valence-corrected chi connectivity index (χ3v) is 0.387. The second-order valence-corrected chi connectivity index (χ2v) is 0.863. The predicted molar refractivity (Wildman–Crippen MR) is 27.0 cm³/mol. The Hall–Kier alpha value is -1.05. The van der Waals surface area contributed by atoms with E-state index in [4.69, 9.17) is 5.11 Å². The Balaban J connectivity index is 3.27. The summed E-state index contributed by atoms with van der Waals surface area (Å²) in [6, 6.07) is 0. The first kappa shape index (κ1) is 5.95. The Morgan fingerprint density at radius 3 is 2.29 bits per heavy atom. The summed E-state index contributed by atoms with van der Waals surface area (Å²) in [5, 5.41) is 7.95. The van der Waals surface area contributed by atoms with Crippen LogP contribution >= 0.6 is 0 Å². The molecule has 0 saturated carbocycles. The summed E-state index contributed by atoms with van der Waals surface area (Å²) >= 11 is 0. The third kappa shape index (κ3) is 4.95. The molecule has 0 bridgehead atoms. The van der Waals surface area contributed by atoms with Gasteiger partial charge in [-0.25, -0.2) is 0 Å². The third-order valence-electron chi connectivity index (χ3n) is 0.387. The van der Waals surface area contributed by atoms with E-state index < -0.39 is 0 Å². The molecule has 2 heteroatoms. The van der Waals surface area contributed by atoms with Crippen LogP contribution in [0, 0.1) is 0 Å². The van der Waals surface area contributed by atoms with Crippen molar-refractivity contribution in [3.63, 3.8) is 0 Å². The van der Waals surface area contributed by atoms with Gasteiger partial charge < -0.3 is 5.11 Å². The largest absolute Gasteiger partial charge is 0.516 e. The van der Waals surface area contributed by atoms with Crippen LogP contribution < -0.4 is 0 Å².